The van der Waals surface area contributed by atoms with E-state index in [9.17, 15) is 9.59 Å². The summed E-state index contributed by atoms with van der Waals surface area (Å²) < 4.78 is 0. The lowest BCUT2D eigenvalue weighted by Gasteiger charge is -2.38. The lowest BCUT2D eigenvalue weighted by atomic mass is 9.90. The van der Waals surface area contributed by atoms with E-state index in [-0.39, 0.29) is 30.3 Å². The molecule has 4 nitrogen and oxygen atoms in total. The highest BCUT2D eigenvalue weighted by atomic mass is 32.1. The Balaban J connectivity index is 1.62. The van der Waals surface area contributed by atoms with E-state index in [0.29, 0.717) is 19.0 Å². The molecule has 2 aliphatic rings. The summed E-state index contributed by atoms with van der Waals surface area (Å²) in [4.78, 5) is 31.5. The van der Waals surface area contributed by atoms with Crippen LogP contribution in [-0.4, -0.2) is 41.2 Å². The third-order valence-electron chi connectivity index (χ3n) is 5.92. The van der Waals surface area contributed by atoms with E-state index >= 15 is 0 Å². The van der Waals surface area contributed by atoms with E-state index in [0.717, 1.165) is 19.3 Å². The zero-order valence-electron chi connectivity index (χ0n) is 17.6. The van der Waals surface area contributed by atoms with Crippen molar-refractivity contribution >= 4 is 23.2 Å². The fraction of sp³-hybridized carbons (Fsp3) is 0.500. The number of amides is 2. The Kier molecular flexibility index (Phi) is 5.77. The van der Waals surface area contributed by atoms with Gasteiger partial charge in [0.1, 0.15) is 0 Å². The van der Waals surface area contributed by atoms with Crippen LogP contribution in [0.3, 0.4) is 0 Å². The fourth-order valence-electron chi connectivity index (χ4n) is 4.33. The SMILES string of the molecule is Cc1ccccc1C1c2ccsc2CCN1C(=O)CN(CC(C)C)C(=O)C1CC1. The minimum Gasteiger partial charge on any atom is -0.333 e. The van der Waals surface area contributed by atoms with Gasteiger partial charge in [-0.05, 0) is 60.2 Å². The first-order valence-electron chi connectivity index (χ1n) is 10.7. The van der Waals surface area contributed by atoms with Gasteiger partial charge in [0.25, 0.3) is 0 Å². The highest BCUT2D eigenvalue weighted by Crippen LogP contribution is 2.39. The van der Waals surface area contributed by atoms with E-state index in [2.05, 4.69) is 44.4 Å². The maximum absolute atomic E-state index is 13.5. The summed E-state index contributed by atoms with van der Waals surface area (Å²) in [5, 5.41) is 2.13. The van der Waals surface area contributed by atoms with Crippen LogP contribution in [-0.2, 0) is 16.0 Å². The molecule has 5 heteroatoms. The largest absolute Gasteiger partial charge is 0.333 e. The van der Waals surface area contributed by atoms with Crippen molar-refractivity contribution in [1.29, 1.82) is 0 Å². The van der Waals surface area contributed by atoms with Gasteiger partial charge in [0.15, 0.2) is 0 Å². The molecule has 2 amide bonds. The third-order valence-corrected chi connectivity index (χ3v) is 6.92. The molecule has 154 valence electrons. The lowest BCUT2D eigenvalue weighted by Crippen LogP contribution is -2.48. The number of thiophene rings is 1. The van der Waals surface area contributed by atoms with Crippen LogP contribution in [0.15, 0.2) is 35.7 Å². The molecule has 0 spiro atoms. The number of fused-ring (bicyclic) bond motifs is 1. The Bertz CT molecular complexity index is 900. The van der Waals surface area contributed by atoms with Crippen molar-refractivity contribution in [2.75, 3.05) is 19.6 Å². The van der Waals surface area contributed by atoms with Gasteiger partial charge in [-0.2, -0.15) is 0 Å². The molecule has 0 saturated heterocycles. The summed E-state index contributed by atoms with van der Waals surface area (Å²) in [6, 6.07) is 10.4. The average molecular weight is 411 g/mol. The number of rotatable bonds is 6. The number of nitrogens with zero attached hydrogens (tertiary/aromatic N) is 2. The Labute approximate surface area is 177 Å². The summed E-state index contributed by atoms with van der Waals surface area (Å²) in [5.41, 5.74) is 3.62. The average Bonchev–Trinajstić information content (AvgIpc) is 3.43. The van der Waals surface area contributed by atoms with Crippen LogP contribution in [0.4, 0.5) is 0 Å². The summed E-state index contributed by atoms with van der Waals surface area (Å²) in [6.07, 6.45) is 2.83. The molecule has 1 unspecified atom stereocenters. The second-order valence-corrected chi connectivity index (χ2v) is 9.78. The van der Waals surface area contributed by atoms with Gasteiger partial charge in [0, 0.05) is 23.9 Å². The minimum atomic E-state index is -0.0596. The summed E-state index contributed by atoms with van der Waals surface area (Å²) >= 11 is 1.78. The first kappa shape index (κ1) is 20.1. The molecule has 1 saturated carbocycles. The van der Waals surface area contributed by atoms with Crippen LogP contribution in [0, 0.1) is 18.8 Å². The maximum atomic E-state index is 13.5. The highest BCUT2D eigenvalue weighted by Gasteiger charge is 2.37. The molecular weight excluding hydrogens is 380 g/mol. The van der Waals surface area contributed by atoms with Crippen LogP contribution < -0.4 is 0 Å². The normalized spacial score (nSPS) is 18.6. The van der Waals surface area contributed by atoms with Gasteiger partial charge in [0.05, 0.1) is 12.6 Å². The van der Waals surface area contributed by atoms with Crippen molar-refractivity contribution in [3.8, 4) is 0 Å². The molecule has 4 rings (SSSR count). The first-order chi connectivity index (χ1) is 14.0. The molecule has 0 radical (unpaired) electrons. The number of carbonyl (C=O) groups excluding carboxylic acids is 2. The van der Waals surface area contributed by atoms with Gasteiger partial charge in [-0.3, -0.25) is 9.59 Å². The van der Waals surface area contributed by atoms with Crippen LogP contribution in [0.25, 0.3) is 0 Å². The van der Waals surface area contributed by atoms with E-state index in [4.69, 9.17) is 0 Å². The molecule has 1 aromatic carbocycles. The van der Waals surface area contributed by atoms with Gasteiger partial charge >= 0.3 is 0 Å². The predicted molar refractivity (Wildman–Crippen MR) is 117 cm³/mol. The van der Waals surface area contributed by atoms with Crippen molar-refractivity contribution in [3.05, 3.63) is 57.3 Å². The molecule has 29 heavy (non-hydrogen) atoms. The zero-order chi connectivity index (χ0) is 20.5. The third kappa shape index (κ3) is 4.25. The van der Waals surface area contributed by atoms with Gasteiger partial charge < -0.3 is 9.80 Å². The smallest absolute Gasteiger partial charge is 0.242 e. The number of hydrogen-bond acceptors (Lipinski definition) is 3. The van der Waals surface area contributed by atoms with E-state index in [1.54, 1.807) is 11.3 Å². The van der Waals surface area contributed by atoms with Crippen molar-refractivity contribution in [1.82, 2.24) is 9.80 Å². The van der Waals surface area contributed by atoms with Crippen molar-refractivity contribution in [2.24, 2.45) is 11.8 Å². The molecule has 1 fully saturated rings. The molecule has 0 N–H and O–H groups in total. The molecule has 1 aliphatic heterocycles. The van der Waals surface area contributed by atoms with Crippen LogP contribution in [0.5, 0.6) is 0 Å². The fourth-order valence-corrected chi connectivity index (χ4v) is 5.23. The lowest BCUT2D eigenvalue weighted by molar-refractivity contribution is -0.142. The maximum Gasteiger partial charge on any atom is 0.242 e. The van der Waals surface area contributed by atoms with Crippen molar-refractivity contribution in [2.45, 2.75) is 46.1 Å². The molecule has 2 aromatic rings. The Morgan fingerprint density at radius 3 is 2.62 bits per heavy atom. The monoisotopic (exact) mass is 410 g/mol. The van der Waals surface area contributed by atoms with E-state index in [1.807, 2.05) is 21.9 Å². The quantitative estimate of drug-likeness (QED) is 0.707. The van der Waals surface area contributed by atoms with E-state index in [1.165, 1.54) is 21.6 Å². The Morgan fingerprint density at radius 2 is 1.93 bits per heavy atom. The van der Waals surface area contributed by atoms with Crippen LogP contribution in [0.1, 0.15) is 54.3 Å². The minimum absolute atomic E-state index is 0.0596. The topological polar surface area (TPSA) is 40.6 Å². The molecule has 2 heterocycles. The standard InChI is InChI=1S/C24H30N2O2S/c1-16(2)14-25(24(28)18-8-9-18)15-22(27)26-12-10-21-20(11-13-29-21)23(26)19-7-5-4-6-17(19)3/h4-7,11,13,16,18,23H,8-10,12,14-15H2,1-3H3. The van der Waals surface area contributed by atoms with Gasteiger partial charge in [0.2, 0.25) is 11.8 Å². The number of carbonyl (C=O) groups is 2. The van der Waals surface area contributed by atoms with Crippen LogP contribution in [0.2, 0.25) is 0 Å². The van der Waals surface area contributed by atoms with Crippen molar-refractivity contribution in [3.63, 3.8) is 0 Å². The Hall–Kier alpha value is -2.14. The van der Waals surface area contributed by atoms with Gasteiger partial charge in [-0.1, -0.05) is 38.1 Å². The second kappa shape index (κ2) is 8.31. The van der Waals surface area contributed by atoms with Gasteiger partial charge in [-0.15, -0.1) is 11.3 Å². The molecule has 1 aromatic heterocycles. The molecule has 0 bridgehead atoms. The summed E-state index contributed by atoms with van der Waals surface area (Å²) in [6.45, 7) is 7.86. The van der Waals surface area contributed by atoms with Crippen molar-refractivity contribution < 1.29 is 9.59 Å². The second-order valence-electron chi connectivity index (χ2n) is 8.78. The number of aryl methyl sites for hydroxylation is 1. The summed E-state index contributed by atoms with van der Waals surface area (Å²) in [5.74, 6) is 0.707. The number of benzene rings is 1. The zero-order valence-corrected chi connectivity index (χ0v) is 18.4. The van der Waals surface area contributed by atoms with Gasteiger partial charge in [-0.25, -0.2) is 0 Å². The highest BCUT2D eigenvalue weighted by molar-refractivity contribution is 7.10. The first-order valence-corrected chi connectivity index (χ1v) is 11.5. The molecular formula is C24H30N2O2S. The van der Waals surface area contributed by atoms with E-state index < -0.39 is 0 Å². The summed E-state index contributed by atoms with van der Waals surface area (Å²) in [7, 11) is 0. The predicted octanol–water partition coefficient (Wildman–Crippen LogP) is 4.43. The van der Waals surface area contributed by atoms with Crippen LogP contribution >= 0.6 is 11.3 Å². The Morgan fingerprint density at radius 1 is 1.17 bits per heavy atom. The molecule has 1 aliphatic carbocycles. The number of hydrogen-bond donors (Lipinski definition) is 0. The molecule has 1 atom stereocenters.